The molecule has 0 spiro atoms. The monoisotopic (exact) mass is 326 g/mol. The predicted molar refractivity (Wildman–Crippen MR) is 86.9 cm³/mol. The molecule has 0 saturated carbocycles. The maximum absolute atomic E-state index is 12.2. The second-order valence-electron chi connectivity index (χ2n) is 5.53. The number of rotatable bonds is 5. The summed E-state index contributed by atoms with van der Waals surface area (Å²) in [5.41, 5.74) is 1.07. The van der Waals surface area contributed by atoms with Gasteiger partial charge < -0.3 is 10.4 Å². The van der Waals surface area contributed by atoms with Crippen molar-refractivity contribution in [3.8, 4) is 0 Å². The van der Waals surface area contributed by atoms with Crippen LogP contribution in [0.5, 0.6) is 0 Å². The van der Waals surface area contributed by atoms with E-state index in [0.29, 0.717) is 32.5 Å². The molecule has 2 N–H and O–H groups in total. The number of benzene rings is 1. The first-order valence-electron chi connectivity index (χ1n) is 7.36. The SMILES string of the molecule is CC(C(=O)NCc1ccccc1)N1CCC(C(=O)O)CC1.Cl. The van der Waals surface area contributed by atoms with Crippen molar-refractivity contribution in [2.45, 2.75) is 32.4 Å². The molecule has 1 heterocycles. The highest BCUT2D eigenvalue weighted by atomic mass is 35.5. The van der Waals surface area contributed by atoms with E-state index in [1.165, 1.54) is 0 Å². The lowest BCUT2D eigenvalue weighted by atomic mass is 9.96. The van der Waals surface area contributed by atoms with Crippen LogP contribution in [0.15, 0.2) is 30.3 Å². The molecule has 6 heteroatoms. The lowest BCUT2D eigenvalue weighted by Crippen LogP contribution is -2.48. The number of hydrogen-bond donors (Lipinski definition) is 2. The molecular weight excluding hydrogens is 304 g/mol. The summed E-state index contributed by atoms with van der Waals surface area (Å²) in [4.78, 5) is 25.1. The smallest absolute Gasteiger partial charge is 0.306 e. The maximum atomic E-state index is 12.2. The molecule has 0 radical (unpaired) electrons. The zero-order chi connectivity index (χ0) is 15.2. The number of amides is 1. The van der Waals surface area contributed by atoms with E-state index in [2.05, 4.69) is 10.2 Å². The first-order chi connectivity index (χ1) is 10.1. The van der Waals surface area contributed by atoms with Crippen LogP contribution in [0.1, 0.15) is 25.3 Å². The fourth-order valence-corrected chi connectivity index (χ4v) is 2.63. The van der Waals surface area contributed by atoms with E-state index in [0.717, 1.165) is 5.56 Å². The standard InChI is InChI=1S/C16H22N2O3.ClH/c1-12(18-9-7-14(8-10-18)16(20)21)15(19)17-11-13-5-3-2-4-6-13;/h2-6,12,14H,7-11H2,1H3,(H,17,19)(H,20,21);1H. The van der Waals surface area contributed by atoms with E-state index < -0.39 is 5.97 Å². The summed E-state index contributed by atoms with van der Waals surface area (Å²) in [6.45, 7) is 3.73. The molecule has 1 aliphatic heterocycles. The molecule has 0 aromatic heterocycles. The van der Waals surface area contributed by atoms with Crippen LogP contribution < -0.4 is 5.32 Å². The van der Waals surface area contributed by atoms with Crippen LogP contribution in [0.25, 0.3) is 0 Å². The van der Waals surface area contributed by atoms with Crippen LogP contribution in [0.2, 0.25) is 0 Å². The van der Waals surface area contributed by atoms with E-state index in [4.69, 9.17) is 5.11 Å². The van der Waals surface area contributed by atoms with Gasteiger partial charge in [0, 0.05) is 6.54 Å². The lowest BCUT2D eigenvalue weighted by Gasteiger charge is -2.33. The van der Waals surface area contributed by atoms with Gasteiger partial charge in [0.25, 0.3) is 0 Å². The van der Waals surface area contributed by atoms with E-state index >= 15 is 0 Å². The Balaban J connectivity index is 0.00000242. The van der Waals surface area contributed by atoms with Crippen LogP contribution in [-0.4, -0.2) is 41.0 Å². The molecule has 122 valence electrons. The third kappa shape index (κ3) is 5.00. The topological polar surface area (TPSA) is 69.6 Å². The average molecular weight is 327 g/mol. The van der Waals surface area contributed by atoms with Crippen molar-refractivity contribution in [3.05, 3.63) is 35.9 Å². The van der Waals surface area contributed by atoms with Gasteiger partial charge in [0.2, 0.25) is 5.91 Å². The number of carbonyl (C=O) groups is 2. The van der Waals surface area contributed by atoms with Crippen molar-refractivity contribution < 1.29 is 14.7 Å². The quantitative estimate of drug-likeness (QED) is 0.867. The Hall–Kier alpha value is -1.59. The van der Waals surface area contributed by atoms with Gasteiger partial charge in [0.1, 0.15) is 0 Å². The molecule has 1 unspecified atom stereocenters. The van der Waals surface area contributed by atoms with Gasteiger partial charge in [0.15, 0.2) is 0 Å². The molecule has 1 saturated heterocycles. The van der Waals surface area contributed by atoms with Crippen molar-refractivity contribution >= 4 is 24.3 Å². The predicted octanol–water partition coefficient (Wildman–Crippen LogP) is 1.91. The van der Waals surface area contributed by atoms with Crippen LogP contribution in [0.4, 0.5) is 0 Å². The van der Waals surface area contributed by atoms with Crippen molar-refractivity contribution in [1.82, 2.24) is 10.2 Å². The Labute approximate surface area is 137 Å². The van der Waals surface area contributed by atoms with Crippen LogP contribution in [-0.2, 0) is 16.1 Å². The Morgan fingerprint density at radius 3 is 2.41 bits per heavy atom. The zero-order valence-corrected chi connectivity index (χ0v) is 13.5. The molecular formula is C16H23ClN2O3. The Kier molecular flexibility index (Phi) is 7.35. The highest BCUT2D eigenvalue weighted by molar-refractivity contribution is 5.85. The fraction of sp³-hybridized carbons (Fsp3) is 0.500. The molecule has 1 amide bonds. The number of piperidine rings is 1. The van der Waals surface area contributed by atoms with Crippen LogP contribution in [0, 0.1) is 5.92 Å². The van der Waals surface area contributed by atoms with Crippen molar-refractivity contribution in [3.63, 3.8) is 0 Å². The van der Waals surface area contributed by atoms with Gasteiger partial charge in [0.05, 0.1) is 12.0 Å². The number of likely N-dealkylation sites (tertiary alicyclic amines) is 1. The largest absolute Gasteiger partial charge is 0.481 e. The van der Waals surface area contributed by atoms with Crippen molar-refractivity contribution in [1.29, 1.82) is 0 Å². The summed E-state index contributed by atoms with van der Waals surface area (Å²) in [7, 11) is 0. The van der Waals surface area contributed by atoms with Gasteiger partial charge in [-0.05, 0) is 38.4 Å². The zero-order valence-electron chi connectivity index (χ0n) is 12.7. The highest BCUT2D eigenvalue weighted by Crippen LogP contribution is 2.19. The van der Waals surface area contributed by atoms with Crippen molar-refractivity contribution in [2.24, 2.45) is 5.92 Å². The molecule has 0 bridgehead atoms. The molecule has 0 aliphatic carbocycles. The molecule has 5 nitrogen and oxygen atoms in total. The number of halogens is 1. The first-order valence-corrected chi connectivity index (χ1v) is 7.36. The molecule has 22 heavy (non-hydrogen) atoms. The number of carbonyl (C=O) groups excluding carboxylic acids is 1. The number of aliphatic carboxylic acids is 1. The third-order valence-electron chi connectivity index (χ3n) is 4.12. The third-order valence-corrected chi connectivity index (χ3v) is 4.12. The van der Waals surface area contributed by atoms with Gasteiger partial charge >= 0.3 is 5.97 Å². The second-order valence-corrected chi connectivity index (χ2v) is 5.53. The van der Waals surface area contributed by atoms with E-state index in [1.807, 2.05) is 37.3 Å². The van der Waals surface area contributed by atoms with E-state index in [9.17, 15) is 9.59 Å². The molecule has 1 aromatic carbocycles. The minimum atomic E-state index is -0.726. The van der Waals surface area contributed by atoms with Gasteiger partial charge in [-0.15, -0.1) is 12.4 Å². The number of carboxylic acids is 1. The lowest BCUT2D eigenvalue weighted by molar-refractivity contribution is -0.143. The molecule has 1 aliphatic rings. The van der Waals surface area contributed by atoms with Gasteiger partial charge in [-0.1, -0.05) is 30.3 Å². The number of nitrogens with one attached hydrogen (secondary N) is 1. The van der Waals surface area contributed by atoms with E-state index in [-0.39, 0.29) is 30.3 Å². The molecule has 1 fully saturated rings. The minimum Gasteiger partial charge on any atom is -0.481 e. The Morgan fingerprint density at radius 2 is 1.86 bits per heavy atom. The fourth-order valence-electron chi connectivity index (χ4n) is 2.63. The van der Waals surface area contributed by atoms with Crippen LogP contribution >= 0.6 is 12.4 Å². The van der Waals surface area contributed by atoms with Gasteiger partial charge in [-0.2, -0.15) is 0 Å². The molecule has 1 atom stereocenters. The van der Waals surface area contributed by atoms with Gasteiger partial charge in [-0.25, -0.2) is 0 Å². The van der Waals surface area contributed by atoms with E-state index in [1.54, 1.807) is 0 Å². The summed E-state index contributed by atoms with van der Waals surface area (Å²) < 4.78 is 0. The summed E-state index contributed by atoms with van der Waals surface area (Å²) in [5, 5.41) is 11.9. The second kappa shape index (κ2) is 8.76. The Bertz CT molecular complexity index is 487. The summed E-state index contributed by atoms with van der Waals surface area (Å²) in [6.07, 6.45) is 1.23. The van der Waals surface area contributed by atoms with Crippen molar-refractivity contribution in [2.75, 3.05) is 13.1 Å². The first kappa shape index (κ1) is 18.5. The van der Waals surface area contributed by atoms with Gasteiger partial charge in [-0.3, -0.25) is 14.5 Å². The number of hydrogen-bond acceptors (Lipinski definition) is 3. The highest BCUT2D eigenvalue weighted by Gasteiger charge is 2.29. The summed E-state index contributed by atoms with van der Waals surface area (Å²) >= 11 is 0. The number of nitrogens with zero attached hydrogens (tertiary/aromatic N) is 1. The normalized spacial score (nSPS) is 17.3. The number of carboxylic acid groups (broad SMARTS) is 1. The molecule has 1 aromatic rings. The summed E-state index contributed by atoms with van der Waals surface area (Å²) in [5.74, 6) is -0.996. The summed E-state index contributed by atoms with van der Waals surface area (Å²) in [6, 6.07) is 9.57. The maximum Gasteiger partial charge on any atom is 0.306 e. The minimum absolute atomic E-state index is 0. The molecule has 2 rings (SSSR count). The average Bonchev–Trinajstić information content (AvgIpc) is 2.53. The van der Waals surface area contributed by atoms with Crippen LogP contribution in [0.3, 0.4) is 0 Å². The Morgan fingerprint density at radius 1 is 1.27 bits per heavy atom.